The van der Waals surface area contributed by atoms with Crippen LogP contribution in [0.2, 0.25) is 0 Å². The highest BCUT2D eigenvalue weighted by molar-refractivity contribution is 9.10. The molecule has 1 unspecified atom stereocenters. The molecule has 3 aromatic carbocycles. The minimum atomic E-state index is -4.20. The predicted molar refractivity (Wildman–Crippen MR) is 163 cm³/mol. The van der Waals surface area contributed by atoms with E-state index in [2.05, 4.69) is 21.2 Å². The predicted octanol–water partition coefficient (Wildman–Crippen LogP) is 4.99. The molecule has 0 aromatic heterocycles. The molecule has 0 bridgehead atoms. The Balaban J connectivity index is 2.09. The molecular formula is C30H36BrN3O6S. The van der Waals surface area contributed by atoms with Crippen molar-refractivity contribution >= 4 is 43.5 Å². The van der Waals surface area contributed by atoms with Crippen molar-refractivity contribution in [2.45, 2.75) is 50.7 Å². The molecule has 41 heavy (non-hydrogen) atoms. The first-order valence-corrected chi connectivity index (χ1v) is 15.2. The number of hydrogen-bond acceptors (Lipinski definition) is 6. The van der Waals surface area contributed by atoms with E-state index in [-0.39, 0.29) is 23.0 Å². The maximum Gasteiger partial charge on any atom is 0.264 e. The summed E-state index contributed by atoms with van der Waals surface area (Å²) in [6.07, 6.45) is 0. The summed E-state index contributed by atoms with van der Waals surface area (Å²) in [6, 6.07) is 19.0. The molecule has 9 nitrogen and oxygen atoms in total. The van der Waals surface area contributed by atoms with Crippen molar-refractivity contribution in [1.82, 2.24) is 10.2 Å². The number of nitrogens with one attached hydrogen (secondary N) is 1. The molecule has 0 heterocycles. The summed E-state index contributed by atoms with van der Waals surface area (Å²) in [5.41, 5.74) is 0.443. The summed E-state index contributed by atoms with van der Waals surface area (Å²) in [6.45, 7) is 6.70. The Hall–Kier alpha value is -3.57. The minimum absolute atomic E-state index is 0.0136. The Morgan fingerprint density at radius 3 is 2.17 bits per heavy atom. The molecule has 220 valence electrons. The third-order valence-corrected chi connectivity index (χ3v) is 8.45. The van der Waals surface area contributed by atoms with Gasteiger partial charge in [-0.3, -0.25) is 13.9 Å². The zero-order chi connectivity index (χ0) is 30.4. The molecule has 0 saturated carbocycles. The van der Waals surface area contributed by atoms with E-state index < -0.39 is 34.1 Å². The average molecular weight is 647 g/mol. The maximum absolute atomic E-state index is 14.1. The third kappa shape index (κ3) is 8.23. The van der Waals surface area contributed by atoms with Gasteiger partial charge in [0, 0.05) is 22.6 Å². The molecule has 0 radical (unpaired) electrons. The van der Waals surface area contributed by atoms with E-state index in [9.17, 15) is 18.0 Å². The van der Waals surface area contributed by atoms with Gasteiger partial charge >= 0.3 is 0 Å². The molecule has 11 heteroatoms. The van der Waals surface area contributed by atoms with Crippen LogP contribution in [0.25, 0.3) is 0 Å². The van der Waals surface area contributed by atoms with Crippen LogP contribution < -0.4 is 19.1 Å². The summed E-state index contributed by atoms with van der Waals surface area (Å²) in [5, 5.41) is 2.92. The lowest BCUT2D eigenvalue weighted by Crippen LogP contribution is -2.54. The van der Waals surface area contributed by atoms with E-state index in [0.29, 0.717) is 11.5 Å². The molecule has 1 N–H and O–H groups in total. The van der Waals surface area contributed by atoms with E-state index in [1.165, 1.54) is 37.3 Å². The smallest absolute Gasteiger partial charge is 0.264 e. The van der Waals surface area contributed by atoms with Crippen LogP contribution in [0, 0.1) is 0 Å². The van der Waals surface area contributed by atoms with Gasteiger partial charge in [-0.15, -0.1) is 0 Å². The van der Waals surface area contributed by atoms with Crippen LogP contribution in [0.5, 0.6) is 11.5 Å². The number of rotatable bonds is 11. The monoisotopic (exact) mass is 645 g/mol. The van der Waals surface area contributed by atoms with Crippen LogP contribution >= 0.6 is 15.9 Å². The minimum Gasteiger partial charge on any atom is -0.493 e. The fourth-order valence-corrected chi connectivity index (χ4v) is 5.99. The van der Waals surface area contributed by atoms with Crippen LogP contribution in [0.1, 0.15) is 33.3 Å². The Morgan fingerprint density at radius 2 is 1.59 bits per heavy atom. The first kappa shape index (κ1) is 32.0. The lowest BCUT2D eigenvalue weighted by molar-refractivity contribution is -0.140. The SMILES string of the molecule is COc1ccc(N(CC(=O)N(Cc2cccc(Br)c2)C(C)C(=O)NC(C)(C)C)S(=O)(=O)c2ccccc2)cc1OC. The quantitative estimate of drug-likeness (QED) is 0.315. The first-order valence-electron chi connectivity index (χ1n) is 12.9. The number of anilines is 1. The molecule has 0 spiro atoms. The Bertz CT molecular complexity index is 1480. The van der Waals surface area contributed by atoms with E-state index in [1.54, 1.807) is 37.3 Å². The van der Waals surface area contributed by atoms with Crippen molar-refractivity contribution in [1.29, 1.82) is 0 Å². The summed E-state index contributed by atoms with van der Waals surface area (Å²) in [7, 11) is -1.28. The van der Waals surface area contributed by atoms with Gasteiger partial charge in [-0.2, -0.15) is 0 Å². The second-order valence-electron chi connectivity index (χ2n) is 10.4. The number of amides is 2. The van der Waals surface area contributed by atoms with Gasteiger partial charge in [-0.25, -0.2) is 8.42 Å². The highest BCUT2D eigenvalue weighted by Crippen LogP contribution is 2.34. The number of carbonyl (C=O) groups excluding carboxylic acids is 2. The van der Waals surface area contributed by atoms with Gasteiger partial charge in [0.1, 0.15) is 12.6 Å². The summed E-state index contributed by atoms with van der Waals surface area (Å²) in [4.78, 5) is 28.7. The highest BCUT2D eigenvalue weighted by atomic mass is 79.9. The van der Waals surface area contributed by atoms with E-state index in [0.717, 1.165) is 14.3 Å². The van der Waals surface area contributed by atoms with E-state index in [1.807, 2.05) is 45.0 Å². The largest absolute Gasteiger partial charge is 0.493 e. The second-order valence-corrected chi connectivity index (χ2v) is 13.2. The second kappa shape index (κ2) is 13.4. The van der Waals surface area contributed by atoms with Gasteiger partial charge in [-0.1, -0.05) is 46.3 Å². The van der Waals surface area contributed by atoms with Crippen molar-refractivity contribution < 1.29 is 27.5 Å². The zero-order valence-corrected chi connectivity index (χ0v) is 26.5. The Kier molecular flexibility index (Phi) is 10.4. The number of ether oxygens (including phenoxy) is 2. The van der Waals surface area contributed by atoms with Crippen molar-refractivity contribution in [2.75, 3.05) is 25.1 Å². The normalized spacial score (nSPS) is 12.3. The number of benzene rings is 3. The van der Waals surface area contributed by atoms with E-state index in [4.69, 9.17) is 9.47 Å². The molecule has 0 aliphatic heterocycles. The fraction of sp³-hybridized carbons (Fsp3) is 0.333. The zero-order valence-electron chi connectivity index (χ0n) is 24.0. The van der Waals surface area contributed by atoms with Crippen LogP contribution in [0.3, 0.4) is 0 Å². The van der Waals surface area contributed by atoms with E-state index >= 15 is 0 Å². The molecule has 0 aliphatic carbocycles. The molecule has 0 saturated heterocycles. The molecular weight excluding hydrogens is 610 g/mol. The highest BCUT2D eigenvalue weighted by Gasteiger charge is 2.33. The maximum atomic E-state index is 14.1. The van der Waals surface area contributed by atoms with Gasteiger partial charge in [0.15, 0.2) is 11.5 Å². The van der Waals surface area contributed by atoms with Crippen LogP contribution in [0.15, 0.2) is 82.2 Å². The molecule has 0 aliphatic rings. The molecule has 0 fully saturated rings. The van der Waals surface area contributed by atoms with Crippen LogP contribution in [-0.4, -0.2) is 57.5 Å². The standard InChI is InChI=1S/C30H36BrN3O6S/c1-21(29(36)32-30(2,3)4)33(19-22-11-10-12-23(31)17-22)28(35)20-34(41(37,38)25-13-8-7-9-14-25)24-15-16-26(39-5)27(18-24)40-6/h7-18,21H,19-20H2,1-6H3,(H,32,36). The summed E-state index contributed by atoms with van der Waals surface area (Å²) >= 11 is 3.45. The van der Waals surface area contributed by atoms with Crippen molar-refractivity contribution in [3.05, 3.63) is 82.8 Å². The summed E-state index contributed by atoms with van der Waals surface area (Å²) in [5.74, 6) is -0.210. The van der Waals surface area contributed by atoms with Crippen molar-refractivity contribution in [3.63, 3.8) is 0 Å². The van der Waals surface area contributed by atoms with Crippen LogP contribution in [0.4, 0.5) is 5.69 Å². The lowest BCUT2D eigenvalue weighted by atomic mass is 10.1. The number of halogens is 1. The topological polar surface area (TPSA) is 105 Å². The lowest BCUT2D eigenvalue weighted by Gasteiger charge is -2.33. The van der Waals surface area contributed by atoms with Gasteiger partial charge in [0.25, 0.3) is 10.0 Å². The Morgan fingerprint density at radius 1 is 0.927 bits per heavy atom. The van der Waals surface area contributed by atoms with Gasteiger partial charge in [-0.05, 0) is 69.7 Å². The van der Waals surface area contributed by atoms with Crippen molar-refractivity contribution in [2.24, 2.45) is 0 Å². The molecule has 3 aromatic rings. The third-order valence-electron chi connectivity index (χ3n) is 6.17. The average Bonchev–Trinajstić information content (AvgIpc) is 2.93. The van der Waals surface area contributed by atoms with Gasteiger partial charge in [0.05, 0.1) is 24.8 Å². The molecule has 1 atom stereocenters. The van der Waals surface area contributed by atoms with Gasteiger partial charge in [0.2, 0.25) is 11.8 Å². The van der Waals surface area contributed by atoms with Crippen molar-refractivity contribution in [3.8, 4) is 11.5 Å². The number of hydrogen-bond donors (Lipinski definition) is 1. The molecule has 3 rings (SSSR count). The summed E-state index contributed by atoms with van der Waals surface area (Å²) < 4.78 is 40.4. The number of methoxy groups -OCH3 is 2. The Labute approximate surface area is 250 Å². The van der Waals surface area contributed by atoms with Gasteiger partial charge < -0.3 is 19.7 Å². The number of sulfonamides is 1. The number of carbonyl (C=O) groups is 2. The first-order chi connectivity index (χ1) is 19.3. The molecule has 2 amide bonds. The number of nitrogens with zero attached hydrogens (tertiary/aromatic N) is 2. The van der Waals surface area contributed by atoms with Crippen LogP contribution in [-0.2, 0) is 26.2 Å². The fourth-order valence-electron chi connectivity index (χ4n) is 4.12.